The minimum Gasteiger partial charge on any atom is -0.454 e. The molecule has 3 aromatic heterocycles. The highest BCUT2D eigenvalue weighted by Crippen LogP contribution is 2.34. The maximum atomic E-state index is 12.5. The number of hydrogen-bond acceptors (Lipinski definition) is 8. The van der Waals surface area contributed by atoms with E-state index in [-0.39, 0.29) is 12.4 Å². The van der Waals surface area contributed by atoms with Crippen molar-refractivity contribution in [2.45, 2.75) is 24.4 Å². The van der Waals surface area contributed by atoms with Crippen LogP contribution in [0.15, 0.2) is 69.9 Å². The summed E-state index contributed by atoms with van der Waals surface area (Å²) in [6, 6.07) is 17.5. The summed E-state index contributed by atoms with van der Waals surface area (Å²) in [6.45, 7) is 2.71. The average molecular weight is 490 g/mol. The molecular weight excluding hydrogens is 470 g/mol. The lowest BCUT2D eigenvalue weighted by molar-refractivity contribution is 0.174. The van der Waals surface area contributed by atoms with Crippen molar-refractivity contribution in [1.29, 1.82) is 0 Å². The number of thioether (sulfide) groups is 1. The Balaban J connectivity index is 1.33. The molecule has 0 radical (unpaired) electrons. The SMILES string of the molecule is Cc1csc2nc(CSc3nnc(-c4ccccc4)n3Cc3ccc4c(c3)OCO4)cc(=O)n12. The first-order valence-electron chi connectivity index (χ1n) is 10.6. The van der Waals surface area contributed by atoms with Crippen molar-refractivity contribution in [2.24, 2.45) is 0 Å². The predicted octanol–water partition coefficient (Wildman–Crippen LogP) is 4.39. The molecule has 4 heterocycles. The second-order valence-electron chi connectivity index (χ2n) is 7.82. The summed E-state index contributed by atoms with van der Waals surface area (Å²) in [5, 5.41) is 11.7. The summed E-state index contributed by atoms with van der Waals surface area (Å²) in [6.07, 6.45) is 0. The van der Waals surface area contributed by atoms with E-state index < -0.39 is 0 Å². The lowest BCUT2D eigenvalue weighted by Crippen LogP contribution is -2.14. The monoisotopic (exact) mass is 489 g/mol. The zero-order chi connectivity index (χ0) is 23.1. The summed E-state index contributed by atoms with van der Waals surface area (Å²) in [4.78, 5) is 17.9. The molecule has 170 valence electrons. The van der Waals surface area contributed by atoms with Crippen LogP contribution < -0.4 is 15.0 Å². The number of benzene rings is 2. The summed E-state index contributed by atoms with van der Waals surface area (Å²) in [5.41, 5.74) is 3.58. The van der Waals surface area contributed by atoms with E-state index in [0.29, 0.717) is 17.3 Å². The first kappa shape index (κ1) is 20.9. The van der Waals surface area contributed by atoms with E-state index in [1.807, 2.05) is 60.8 Å². The van der Waals surface area contributed by atoms with Crippen LogP contribution in [0.3, 0.4) is 0 Å². The summed E-state index contributed by atoms with van der Waals surface area (Å²) in [7, 11) is 0. The molecule has 0 bridgehead atoms. The van der Waals surface area contributed by atoms with Gasteiger partial charge in [-0.15, -0.1) is 21.5 Å². The van der Waals surface area contributed by atoms with Crippen molar-refractivity contribution >= 4 is 28.1 Å². The summed E-state index contributed by atoms with van der Waals surface area (Å²) in [5.74, 6) is 2.78. The molecule has 0 spiro atoms. The normalized spacial score (nSPS) is 12.5. The van der Waals surface area contributed by atoms with Crippen LogP contribution in [0.5, 0.6) is 11.5 Å². The predicted molar refractivity (Wildman–Crippen MR) is 131 cm³/mol. The molecule has 0 atom stereocenters. The Morgan fingerprint density at radius 1 is 1.06 bits per heavy atom. The van der Waals surface area contributed by atoms with E-state index in [1.165, 1.54) is 23.1 Å². The highest BCUT2D eigenvalue weighted by molar-refractivity contribution is 7.98. The number of fused-ring (bicyclic) bond motifs is 2. The Morgan fingerprint density at radius 2 is 1.91 bits per heavy atom. The lowest BCUT2D eigenvalue weighted by atomic mass is 10.2. The molecular formula is C24H19N5O3S2. The van der Waals surface area contributed by atoms with Crippen molar-refractivity contribution in [1.82, 2.24) is 24.1 Å². The van der Waals surface area contributed by atoms with E-state index >= 15 is 0 Å². The van der Waals surface area contributed by atoms with Crippen LogP contribution in [0.2, 0.25) is 0 Å². The Kier molecular flexibility index (Phi) is 5.31. The molecule has 8 nitrogen and oxygen atoms in total. The number of aromatic nitrogens is 5. The molecule has 0 aliphatic carbocycles. The molecule has 34 heavy (non-hydrogen) atoms. The van der Waals surface area contributed by atoms with Gasteiger partial charge < -0.3 is 9.47 Å². The smallest absolute Gasteiger partial charge is 0.258 e. The van der Waals surface area contributed by atoms with Crippen LogP contribution in [0.25, 0.3) is 16.3 Å². The fourth-order valence-corrected chi connectivity index (χ4v) is 5.59. The summed E-state index contributed by atoms with van der Waals surface area (Å²) < 4.78 is 14.7. The van der Waals surface area contributed by atoms with Gasteiger partial charge in [-0.2, -0.15) is 0 Å². The molecule has 6 rings (SSSR count). The fourth-order valence-electron chi connectivity index (χ4n) is 3.87. The lowest BCUT2D eigenvalue weighted by Gasteiger charge is -2.11. The Labute approximate surface area is 202 Å². The first-order chi connectivity index (χ1) is 16.7. The molecule has 2 aromatic carbocycles. The molecule has 0 amide bonds. The largest absolute Gasteiger partial charge is 0.454 e. The van der Waals surface area contributed by atoms with Gasteiger partial charge in [-0.25, -0.2) is 4.98 Å². The first-order valence-corrected chi connectivity index (χ1v) is 12.5. The van der Waals surface area contributed by atoms with E-state index in [4.69, 9.17) is 9.47 Å². The van der Waals surface area contributed by atoms with E-state index in [2.05, 4.69) is 19.7 Å². The molecule has 0 saturated heterocycles. The molecule has 1 aliphatic rings. The van der Waals surface area contributed by atoms with E-state index in [0.717, 1.165) is 45.0 Å². The van der Waals surface area contributed by atoms with Gasteiger partial charge in [0.05, 0.1) is 12.2 Å². The van der Waals surface area contributed by atoms with Crippen LogP contribution in [0, 0.1) is 6.92 Å². The van der Waals surface area contributed by atoms with Gasteiger partial charge in [0, 0.05) is 28.5 Å². The average Bonchev–Trinajstić information content (AvgIpc) is 3.57. The van der Waals surface area contributed by atoms with E-state index in [9.17, 15) is 4.79 Å². The van der Waals surface area contributed by atoms with Crippen molar-refractivity contribution in [3.8, 4) is 22.9 Å². The van der Waals surface area contributed by atoms with Gasteiger partial charge in [0.2, 0.25) is 6.79 Å². The second-order valence-corrected chi connectivity index (χ2v) is 9.59. The van der Waals surface area contributed by atoms with Gasteiger partial charge in [0.15, 0.2) is 27.4 Å². The van der Waals surface area contributed by atoms with Crippen LogP contribution in [-0.2, 0) is 12.3 Å². The quantitative estimate of drug-likeness (QED) is 0.327. The third-order valence-corrected chi connectivity index (χ3v) is 7.45. The maximum absolute atomic E-state index is 12.5. The minimum atomic E-state index is -0.0637. The van der Waals surface area contributed by atoms with Gasteiger partial charge >= 0.3 is 0 Å². The van der Waals surface area contributed by atoms with Crippen LogP contribution in [0.4, 0.5) is 0 Å². The Morgan fingerprint density at radius 3 is 2.79 bits per heavy atom. The Bertz CT molecular complexity index is 1560. The van der Waals surface area contributed by atoms with E-state index in [1.54, 1.807) is 10.5 Å². The second kappa shape index (κ2) is 8.62. The molecule has 1 aliphatic heterocycles. The van der Waals surface area contributed by atoms with Crippen LogP contribution in [0.1, 0.15) is 17.0 Å². The molecule has 0 fully saturated rings. The molecule has 0 unspecified atom stereocenters. The van der Waals surface area contributed by atoms with Crippen LogP contribution in [-0.4, -0.2) is 30.9 Å². The number of nitrogens with zero attached hydrogens (tertiary/aromatic N) is 5. The molecule has 0 N–H and O–H groups in total. The van der Waals surface area contributed by atoms with Gasteiger partial charge in [0.1, 0.15) is 0 Å². The molecule has 5 aromatic rings. The fraction of sp³-hybridized carbons (Fsp3) is 0.167. The summed E-state index contributed by atoms with van der Waals surface area (Å²) >= 11 is 2.98. The third-order valence-electron chi connectivity index (χ3n) is 5.50. The highest BCUT2D eigenvalue weighted by Gasteiger charge is 2.18. The van der Waals surface area contributed by atoms with Crippen molar-refractivity contribution in [3.05, 3.63) is 87.3 Å². The van der Waals surface area contributed by atoms with Crippen LogP contribution >= 0.6 is 23.1 Å². The van der Waals surface area contributed by atoms with Crippen molar-refractivity contribution < 1.29 is 9.47 Å². The zero-order valence-electron chi connectivity index (χ0n) is 18.2. The van der Waals surface area contributed by atoms with Crippen molar-refractivity contribution in [3.63, 3.8) is 0 Å². The minimum absolute atomic E-state index is 0.0637. The van der Waals surface area contributed by atoms with Crippen molar-refractivity contribution in [2.75, 3.05) is 6.79 Å². The standard InChI is InChI=1S/C24H19N5O3S2/c1-15-12-33-23-25-18(10-21(30)29(15)23)13-34-24-27-26-22(17-5-3-2-4-6-17)28(24)11-16-7-8-19-20(9-16)32-14-31-19/h2-10,12H,11,13-14H2,1H3. The third kappa shape index (κ3) is 3.84. The molecule has 10 heteroatoms. The van der Waals surface area contributed by atoms with Gasteiger partial charge in [-0.1, -0.05) is 48.2 Å². The number of aryl methyl sites for hydroxylation is 1. The maximum Gasteiger partial charge on any atom is 0.258 e. The number of rotatable bonds is 6. The Hall–Kier alpha value is -3.63. The zero-order valence-corrected chi connectivity index (χ0v) is 19.8. The topological polar surface area (TPSA) is 83.5 Å². The van der Waals surface area contributed by atoms with Gasteiger partial charge in [0.25, 0.3) is 5.56 Å². The highest BCUT2D eigenvalue weighted by atomic mass is 32.2. The number of thiazole rings is 1. The number of ether oxygens (including phenoxy) is 2. The van der Waals surface area contributed by atoms with Gasteiger partial charge in [-0.05, 0) is 24.6 Å². The number of hydrogen-bond donors (Lipinski definition) is 0. The van der Waals surface area contributed by atoms with Gasteiger partial charge in [-0.3, -0.25) is 13.8 Å². The molecule has 0 saturated carbocycles.